The Morgan fingerprint density at radius 3 is 2.14 bits per heavy atom. The van der Waals surface area contributed by atoms with Crippen LogP contribution in [0.4, 0.5) is 0 Å². The predicted octanol–water partition coefficient (Wildman–Crippen LogP) is 3.02. The summed E-state index contributed by atoms with van der Waals surface area (Å²) in [5.74, 6) is 0. The summed E-state index contributed by atoms with van der Waals surface area (Å²) in [6, 6.07) is 4.07. The van der Waals surface area contributed by atoms with Gasteiger partial charge in [-0.3, -0.25) is 0 Å². The van der Waals surface area contributed by atoms with Gasteiger partial charge in [-0.05, 0) is 32.3 Å². The third-order valence-electron chi connectivity index (χ3n) is 2.06. The van der Waals surface area contributed by atoms with Crippen molar-refractivity contribution in [1.29, 1.82) is 0 Å². The highest BCUT2D eigenvalue weighted by atomic mass is 31.1. The lowest BCUT2D eigenvalue weighted by molar-refractivity contribution is 0.357. The van der Waals surface area contributed by atoms with Crippen molar-refractivity contribution in [3.05, 3.63) is 28.8 Å². The van der Waals surface area contributed by atoms with Gasteiger partial charge >= 0.3 is 8.03 Å². The monoisotopic (exact) mass is 211 g/mol. The quantitative estimate of drug-likeness (QED) is 0.718. The van der Waals surface area contributed by atoms with Crippen LogP contribution >= 0.6 is 8.03 Å². The van der Waals surface area contributed by atoms with Gasteiger partial charge in [0.25, 0.3) is 0 Å². The highest BCUT2D eigenvalue weighted by Gasteiger charge is 2.26. The molecule has 14 heavy (non-hydrogen) atoms. The van der Waals surface area contributed by atoms with Crippen LogP contribution in [0, 0.1) is 20.8 Å². The molecule has 1 rings (SSSR count). The Morgan fingerprint density at radius 2 is 1.71 bits per heavy atom. The van der Waals surface area contributed by atoms with Gasteiger partial charge in [0.2, 0.25) is 5.30 Å². The van der Waals surface area contributed by atoms with E-state index in [-0.39, 0.29) is 0 Å². The minimum atomic E-state index is -1.68. The lowest BCUT2D eigenvalue weighted by Gasteiger charge is -2.00. The minimum absolute atomic E-state index is 0.488. The fourth-order valence-electron chi connectivity index (χ4n) is 1.64. The van der Waals surface area contributed by atoms with E-state index in [1.807, 2.05) is 39.8 Å². The fraction of sp³-hybridized carbons (Fsp3) is 0.455. The molecule has 0 amide bonds. The molecule has 1 atom stereocenters. The zero-order valence-electron chi connectivity index (χ0n) is 9.13. The van der Waals surface area contributed by atoms with E-state index in [0.29, 0.717) is 6.61 Å². The smallest absolute Gasteiger partial charge is 0.142 e. The zero-order chi connectivity index (χ0) is 10.7. The van der Waals surface area contributed by atoms with Crippen LogP contribution in [0.5, 0.6) is 0 Å². The van der Waals surface area contributed by atoms with Gasteiger partial charge < -0.3 is 0 Å². The van der Waals surface area contributed by atoms with Gasteiger partial charge in [-0.1, -0.05) is 17.7 Å². The Morgan fingerprint density at radius 1 is 1.21 bits per heavy atom. The molecule has 0 saturated heterocycles. The summed E-state index contributed by atoms with van der Waals surface area (Å²) in [5.41, 5.74) is 3.30. The molecule has 1 unspecified atom stereocenters. The van der Waals surface area contributed by atoms with Gasteiger partial charge in [0.1, 0.15) is 6.61 Å². The van der Waals surface area contributed by atoms with Crippen molar-refractivity contribution in [3.63, 3.8) is 0 Å². The van der Waals surface area contributed by atoms with Crippen LogP contribution in [0.15, 0.2) is 12.1 Å². The summed E-state index contributed by atoms with van der Waals surface area (Å²) in [7, 11) is -1.68. The van der Waals surface area contributed by atoms with E-state index in [1.54, 1.807) is 0 Å². The summed E-state index contributed by atoms with van der Waals surface area (Å²) in [5, 5.41) is 0.854. The number of rotatable bonds is 3. The molecule has 0 aliphatic heterocycles. The molecule has 0 radical (unpaired) electrons. The highest BCUT2D eigenvalue weighted by Crippen LogP contribution is 2.25. The van der Waals surface area contributed by atoms with Crippen molar-refractivity contribution in [2.75, 3.05) is 6.61 Å². The molecule has 0 fully saturated rings. The molecule has 0 spiro atoms. The molecule has 3 heteroatoms. The number of aryl methyl sites for hydroxylation is 3. The molecular formula is C11H16O2P+. The van der Waals surface area contributed by atoms with E-state index in [0.717, 1.165) is 16.4 Å². The maximum absolute atomic E-state index is 11.7. The molecule has 0 N–H and O–H groups in total. The Bertz CT molecular complexity index is 335. The maximum atomic E-state index is 11.7. The SMILES string of the molecule is CCO[P+](=O)c1c(C)cc(C)cc1C. The number of hydrogen-bond acceptors (Lipinski definition) is 2. The van der Waals surface area contributed by atoms with Crippen LogP contribution in [0.3, 0.4) is 0 Å². The second kappa shape index (κ2) is 4.68. The standard InChI is InChI=1S/C11H16O2P/c1-5-13-14(12)11-9(3)6-8(2)7-10(11)4/h6-7H,5H2,1-4H3/q+1. The van der Waals surface area contributed by atoms with Gasteiger partial charge in [0.15, 0.2) is 0 Å². The van der Waals surface area contributed by atoms with Gasteiger partial charge in [-0.2, -0.15) is 0 Å². The normalized spacial score (nSPS) is 11.6. The van der Waals surface area contributed by atoms with Crippen LogP contribution in [-0.4, -0.2) is 6.61 Å². The molecule has 2 nitrogen and oxygen atoms in total. The lowest BCUT2D eigenvalue weighted by atomic mass is 10.1. The topological polar surface area (TPSA) is 26.3 Å². The van der Waals surface area contributed by atoms with Crippen molar-refractivity contribution in [1.82, 2.24) is 0 Å². The first-order valence-corrected chi connectivity index (χ1v) is 5.92. The Kier molecular flexibility index (Phi) is 3.79. The summed E-state index contributed by atoms with van der Waals surface area (Å²) in [4.78, 5) is 0. The second-order valence-corrected chi connectivity index (χ2v) is 4.64. The Hall–Kier alpha value is -0.720. The van der Waals surface area contributed by atoms with Crippen LogP contribution in [-0.2, 0) is 9.09 Å². The number of hydrogen-bond donors (Lipinski definition) is 0. The van der Waals surface area contributed by atoms with Gasteiger partial charge in [0, 0.05) is 11.1 Å². The molecule has 1 aromatic rings. The average Bonchev–Trinajstić information content (AvgIpc) is 2.01. The zero-order valence-corrected chi connectivity index (χ0v) is 10.0. The first-order chi connectivity index (χ1) is 6.56. The molecule has 0 bridgehead atoms. The third kappa shape index (κ3) is 2.40. The average molecular weight is 211 g/mol. The summed E-state index contributed by atoms with van der Waals surface area (Å²) in [6.07, 6.45) is 0. The van der Waals surface area contributed by atoms with Crippen molar-refractivity contribution in [2.24, 2.45) is 0 Å². The second-order valence-electron chi connectivity index (χ2n) is 3.42. The molecular weight excluding hydrogens is 195 g/mol. The van der Waals surface area contributed by atoms with Crippen LogP contribution in [0.2, 0.25) is 0 Å². The first-order valence-electron chi connectivity index (χ1n) is 4.74. The van der Waals surface area contributed by atoms with Crippen molar-refractivity contribution in [3.8, 4) is 0 Å². The maximum Gasteiger partial charge on any atom is 0.549 e. The highest BCUT2D eigenvalue weighted by molar-refractivity contribution is 7.48. The Labute approximate surface area is 86.2 Å². The van der Waals surface area contributed by atoms with E-state index in [4.69, 9.17) is 4.52 Å². The largest absolute Gasteiger partial charge is 0.549 e. The predicted molar refractivity (Wildman–Crippen MR) is 59.5 cm³/mol. The van der Waals surface area contributed by atoms with Crippen molar-refractivity contribution < 1.29 is 9.09 Å². The van der Waals surface area contributed by atoms with Gasteiger partial charge in [0.05, 0.1) is 0 Å². The van der Waals surface area contributed by atoms with Gasteiger partial charge in [-0.15, -0.1) is 4.52 Å². The lowest BCUT2D eigenvalue weighted by Crippen LogP contribution is -2.08. The van der Waals surface area contributed by atoms with E-state index in [2.05, 4.69) is 0 Å². The van der Waals surface area contributed by atoms with E-state index >= 15 is 0 Å². The van der Waals surface area contributed by atoms with Crippen LogP contribution in [0.1, 0.15) is 23.6 Å². The van der Waals surface area contributed by atoms with E-state index in [1.165, 1.54) is 5.56 Å². The van der Waals surface area contributed by atoms with Crippen LogP contribution < -0.4 is 5.30 Å². The van der Waals surface area contributed by atoms with Crippen molar-refractivity contribution >= 4 is 13.3 Å². The molecule has 0 heterocycles. The fourth-order valence-corrected chi connectivity index (χ4v) is 2.71. The number of benzene rings is 1. The summed E-state index contributed by atoms with van der Waals surface area (Å²) in [6.45, 7) is 8.33. The molecule has 76 valence electrons. The molecule has 0 aliphatic rings. The molecule has 0 aromatic heterocycles. The third-order valence-corrected chi connectivity index (χ3v) is 3.63. The molecule has 1 aromatic carbocycles. The van der Waals surface area contributed by atoms with E-state index in [9.17, 15) is 4.57 Å². The summed E-state index contributed by atoms with van der Waals surface area (Å²) >= 11 is 0. The van der Waals surface area contributed by atoms with Crippen molar-refractivity contribution in [2.45, 2.75) is 27.7 Å². The first kappa shape index (κ1) is 11.4. The van der Waals surface area contributed by atoms with Crippen LogP contribution in [0.25, 0.3) is 0 Å². The van der Waals surface area contributed by atoms with E-state index < -0.39 is 8.03 Å². The van der Waals surface area contributed by atoms with Gasteiger partial charge in [-0.25, -0.2) is 0 Å². The Balaban J connectivity index is 3.14. The minimum Gasteiger partial charge on any atom is -0.142 e. The summed E-state index contributed by atoms with van der Waals surface area (Å²) < 4.78 is 16.9. The molecule has 0 saturated carbocycles. The molecule has 0 aliphatic carbocycles.